The summed E-state index contributed by atoms with van der Waals surface area (Å²) in [5, 5.41) is 0. The molecule has 0 unspecified atom stereocenters. The van der Waals surface area contributed by atoms with Crippen molar-refractivity contribution in [1.82, 2.24) is 0 Å². The summed E-state index contributed by atoms with van der Waals surface area (Å²) < 4.78 is 15.7. The Balaban J connectivity index is 3.21. The van der Waals surface area contributed by atoms with Gasteiger partial charge in [0, 0.05) is 11.5 Å². The molecule has 0 bridgehead atoms. The van der Waals surface area contributed by atoms with E-state index in [1.807, 2.05) is 20.8 Å². The van der Waals surface area contributed by atoms with E-state index in [9.17, 15) is 4.79 Å². The first-order valence-electron chi connectivity index (χ1n) is 6.51. The van der Waals surface area contributed by atoms with Crippen molar-refractivity contribution in [2.75, 3.05) is 37.9 Å². The van der Waals surface area contributed by atoms with Crippen LogP contribution < -0.4 is 0 Å². The van der Waals surface area contributed by atoms with Crippen LogP contribution in [-0.4, -0.2) is 49.5 Å². The summed E-state index contributed by atoms with van der Waals surface area (Å²) in [6, 6.07) is 0. The summed E-state index contributed by atoms with van der Waals surface area (Å²) in [6.45, 7) is 7.64. The van der Waals surface area contributed by atoms with Gasteiger partial charge in [0.05, 0.1) is 26.2 Å². The van der Waals surface area contributed by atoms with Gasteiger partial charge in [-0.05, 0) is 20.8 Å². The number of ether oxygens (including phenoxy) is 3. The van der Waals surface area contributed by atoms with Crippen molar-refractivity contribution in [3.05, 3.63) is 0 Å². The number of carbonyl (C=O) groups is 1. The predicted molar refractivity (Wildman–Crippen MR) is 85.8 cm³/mol. The molecule has 0 rings (SSSR count). The minimum absolute atomic E-state index is 0.217. The Hall–Kier alpha value is -0.350. The second-order valence-corrected chi connectivity index (χ2v) is 7.55. The molecular formula is C14H24O4S2. The molecule has 0 N–H and O–H groups in total. The Morgan fingerprint density at radius 2 is 1.70 bits per heavy atom. The Kier molecular flexibility index (Phi) is 12.2. The lowest BCUT2D eigenvalue weighted by molar-refractivity contribution is -0.155. The van der Waals surface area contributed by atoms with Gasteiger partial charge in [0.25, 0.3) is 0 Å². The first kappa shape index (κ1) is 19.7. The zero-order valence-electron chi connectivity index (χ0n) is 12.5. The maximum absolute atomic E-state index is 11.4. The van der Waals surface area contributed by atoms with Crippen molar-refractivity contribution < 1.29 is 19.0 Å². The smallest absolute Gasteiger partial charge is 0.308 e. The molecule has 0 aliphatic heterocycles. The Morgan fingerprint density at radius 1 is 1.10 bits per heavy atom. The minimum Gasteiger partial charge on any atom is -0.460 e. The SMILES string of the molecule is C#CCOCCSSCCOCCC(=O)OC(C)(C)C. The molecule has 0 spiro atoms. The summed E-state index contributed by atoms with van der Waals surface area (Å²) in [4.78, 5) is 11.4. The summed E-state index contributed by atoms with van der Waals surface area (Å²) >= 11 is 0. The Morgan fingerprint density at radius 3 is 2.25 bits per heavy atom. The van der Waals surface area contributed by atoms with Crippen LogP contribution >= 0.6 is 21.6 Å². The molecule has 0 aliphatic rings. The summed E-state index contributed by atoms with van der Waals surface area (Å²) in [5.74, 6) is 3.99. The molecule has 0 aromatic heterocycles. The van der Waals surface area contributed by atoms with E-state index in [1.54, 1.807) is 21.6 Å². The van der Waals surface area contributed by atoms with Crippen molar-refractivity contribution in [3.8, 4) is 12.3 Å². The molecule has 0 amide bonds. The molecule has 4 nitrogen and oxygen atoms in total. The molecule has 0 atom stereocenters. The van der Waals surface area contributed by atoms with Gasteiger partial charge in [0.1, 0.15) is 12.2 Å². The Labute approximate surface area is 130 Å². The van der Waals surface area contributed by atoms with Crippen molar-refractivity contribution in [1.29, 1.82) is 0 Å². The number of carbonyl (C=O) groups excluding carboxylic acids is 1. The van der Waals surface area contributed by atoms with E-state index in [2.05, 4.69) is 5.92 Å². The zero-order chi connectivity index (χ0) is 15.3. The van der Waals surface area contributed by atoms with Crippen LogP contribution in [0.3, 0.4) is 0 Å². The van der Waals surface area contributed by atoms with Gasteiger partial charge in [-0.3, -0.25) is 4.79 Å². The molecule has 0 fully saturated rings. The monoisotopic (exact) mass is 320 g/mol. The molecule has 0 saturated carbocycles. The molecule has 0 aliphatic carbocycles. The van der Waals surface area contributed by atoms with E-state index in [-0.39, 0.29) is 5.97 Å². The fourth-order valence-corrected chi connectivity index (χ4v) is 2.81. The van der Waals surface area contributed by atoms with Crippen molar-refractivity contribution >= 4 is 27.6 Å². The van der Waals surface area contributed by atoms with Gasteiger partial charge in [-0.1, -0.05) is 27.5 Å². The van der Waals surface area contributed by atoms with Gasteiger partial charge in [0.15, 0.2) is 0 Å². The van der Waals surface area contributed by atoms with E-state index >= 15 is 0 Å². The predicted octanol–water partition coefficient (Wildman–Crippen LogP) is 2.77. The molecule has 116 valence electrons. The molecular weight excluding hydrogens is 296 g/mol. The lowest BCUT2D eigenvalue weighted by atomic mass is 10.2. The zero-order valence-corrected chi connectivity index (χ0v) is 14.1. The molecule has 6 heteroatoms. The quantitative estimate of drug-likeness (QED) is 0.252. The van der Waals surface area contributed by atoms with Gasteiger partial charge < -0.3 is 14.2 Å². The molecule has 0 radical (unpaired) electrons. The number of terminal acetylenes is 1. The molecule has 0 aromatic rings. The fraction of sp³-hybridized carbons (Fsp3) is 0.786. The third-order valence-corrected chi connectivity index (χ3v) is 4.09. The highest BCUT2D eigenvalue weighted by atomic mass is 33.1. The first-order valence-corrected chi connectivity index (χ1v) is 8.99. The van der Waals surface area contributed by atoms with Crippen LogP contribution in [0.15, 0.2) is 0 Å². The second kappa shape index (κ2) is 12.4. The summed E-state index contributed by atoms with van der Waals surface area (Å²) in [7, 11) is 3.45. The number of hydrogen-bond acceptors (Lipinski definition) is 6. The molecule has 0 heterocycles. The van der Waals surface area contributed by atoms with Crippen molar-refractivity contribution in [2.24, 2.45) is 0 Å². The van der Waals surface area contributed by atoms with E-state index in [4.69, 9.17) is 20.6 Å². The van der Waals surface area contributed by atoms with E-state index in [1.165, 1.54) is 0 Å². The average Bonchev–Trinajstić information content (AvgIpc) is 2.34. The van der Waals surface area contributed by atoms with Crippen LogP contribution in [-0.2, 0) is 19.0 Å². The van der Waals surface area contributed by atoms with E-state index in [0.29, 0.717) is 32.8 Å². The van der Waals surface area contributed by atoms with Crippen LogP contribution in [0.2, 0.25) is 0 Å². The molecule has 20 heavy (non-hydrogen) atoms. The third-order valence-electron chi connectivity index (χ3n) is 1.76. The fourth-order valence-electron chi connectivity index (χ4n) is 1.08. The largest absolute Gasteiger partial charge is 0.460 e. The standard InChI is InChI=1S/C14H24O4S2/c1-5-7-16-9-11-19-20-12-10-17-8-6-13(15)18-14(2,3)4/h1H,6-12H2,2-4H3. The highest BCUT2D eigenvalue weighted by Crippen LogP contribution is 2.20. The topological polar surface area (TPSA) is 44.8 Å². The van der Waals surface area contributed by atoms with Gasteiger partial charge in [-0.25, -0.2) is 0 Å². The van der Waals surface area contributed by atoms with Crippen LogP contribution in [0, 0.1) is 12.3 Å². The summed E-state index contributed by atoms with van der Waals surface area (Å²) in [5.41, 5.74) is -0.426. The number of esters is 1. The minimum atomic E-state index is -0.426. The highest BCUT2D eigenvalue weighted by molar-refractivity contribution is 8.76. The Bertz CT molecular complexity index is 295. The van der Waals surface area contributed by atoms with Crippen LogP contribution in [0.4, 0.5) is 0 Å². The maximum Gasteiger partial charge on any atom is 0.308 e. The summed E-state index contributed by atoms with van der Waals surface area (Å²) in [6.07, 6.45) is 5.36. The maximum atomic E-state index is 11.4. The van der Waals surface area contributed by atoms with Crippen LogP contribution in [0.25, 0.3) is 0 Å². The van der Waals surface area contributed by atoms with E-state index < -0.39 is 5.60 Å². The van der Waals surface area contributed by atoms with Gasteiger partial charge in [-0.2, -0.15) is 0 Å². The van der Waals surface area contributed by atoms with Crippen LogP contribution in [0.1, 0.15) is 27.2 Å². The second-order valence-electron chi connectivity index (χ2n) is 4.85. The highest BCUT2D eigenvalue weighted by Gasteiger charge is 2.15. The van der Waals surface area contributed by atoms with E-state index in [0.717, 1.165) is 11.5 Å². The van der Waals surface area contributed by atoms with Crippen LogP contribution in [0.5, 0.6) is 0 Å². The first-order chi connectivity index (χ1) is 9.45. The van der Waals surface area contributed by atoms with Crippen molar-refractivity contribution in [3.63, 3.8) is 0 Å². The average molecular weight is 320 g/mol. The van der Waals surface area contributed by atoms with Gasteiger partial charge in [-0.15, -0.1) is 6.42 Å². The number of hydrogen-bond donors (Lipinski definition) is 0. The van der Waals surface area contributed by atoms with Gasteiger partial charge in [0.2, 0.25) is 0 Å². The van der Waals surface area contributed by atoms with Gasteiger partial charge >= 0.3 is 5.97 Å². The van der Waals surface area contributed by atoms with Crippen molar-refractivity contribution in [2.45, 2.75) is 32.8 Å². The molecule has 0 saturated heterocycles. The normalized spacial score (nSPS) is 11.1. The molecule has 0 aromatic carbocycles. The number of rotatable bonds is 11. The lowest BCUT2D eigenvalue weighted by Gasteiger charge is -2.19. The third kappa shape index (κ3) is 15.7. The lowest BCUT2D eigenvalue weighted by Crippen LogP contribution is -2.24.